The van der Waals surface area contributed by atoms with Crippen molar-refractivity contribution in [2.24, 2.45) is 11.3 Å². The zero-order valence-electron chi connectivity index (χ0n) is 20.3. The largest absolute Gasteiger partial charge is 1.00 e. The average molecular weight is 514 g/mol. The Morgan fingerprint density at radius 3 is 2.28 bits per heavy atom. The van der Waals surface area contributed by atoms with Gasteiger partial charge in [-0.1, -0.05) is 66.7 Å². The molecule has 2 heterocycles. The SMILES string of the molecule is CC1(C)S[C@H]2N(C(=O)C23C(C(=O)OCc2ccccc2)=CCC3C(=O)c2ccccc2)[C@H]1C(=O)[O-].[Na+]. The van der Waals surface area contributed by atoms with Gasteiger partial charge in [0.2, 0.25) is 5.91 Å². The van der Waals surface area contributed by atoms with Crippen molar-refractivity contribution in [3.05, 3.63) is 83.4 Å². The maximum atomic E-state index is 13.8. The molecule has 0 saturated carbocycles. The third-order valence-electron chi connectivity index (χ3n) is 7.17. The number of hydrogen-bond acceptors (Lipinski definition) is 7. The first-order chi connectivity index (χ1) is 16.7. The molecule has 36 heavy (non-hydrogen) atoms. The normalized spacial score (nSPS) is 27.5. The Hall–Kier alpha value is -2.39. The van der Waals surface area contributed by atoms with Gasteiger partial charge in [0.05, 0.1) is 23.0 Å². The molecule has 4 atom stereocenters. The molecule has 5 rings (SSSR count). The van der Waals surface area contributed by atoms with Gasteiger partial charge in [0.25, 0.3) is 0 Å². The van der Waals surface area contributed by atoms with E-state index < -0.39 is 45.3 Å². The molecule has 180 valence electrons. The number of ether oxygens (including phenoxy) is 1. The van der Waals surface area contributed by atoms with Gasteiger partial charge in [0.15, 0.2) is 5.78 Å². The van der Waals surface area contributed by atoms with Crippen LogP contribution in [0.3, 0.4) is 0 Å². The molecule has 2 aromatic rings. The molecule has 1 aliphatic carbocycles. The van der Waals surface area contributed by atoms with E-state index in [1.165, 1.54) is 16.7 Å². The number of β-lactam (4-membered cyclic amide) rings is 1. The molecule has 0 aromatic heterocycles. The topological polar surface area (TPSA) is 104 Å². The number of amides is 1. The zero-order valence-corrected chi connectivity index (χ0v) is 23.1. The Morgan fingerprint density at radius 1 is 1.06 bits per heavy atom. The van der Waals surface area contributed by atoms with Crippen molar-refractivity contribution in [2.45, 2.75) is 43.0 Å². The minimum absolute atomic E-state index is 0. The van der Waals surface area contributed by atoms with Gasteiger partial charge < -0.3 is 19.5 Å². The number of hydrogen-bond donors (Lipinski definition) is 0. The van der Waals surface area contributed by atoms with Crippen LogP contribution in [0.1, 0.15) is 36.2 Å². The van der Waals surface area contributed by atoms with Gasteiger partial charge in [0, 0.05) is 16.2 Å². The standard InChI is InChI=1S/C27H25NO6S.Na/c1-26(2)21(22(30)31)28-24(33)27(25(28)35-26)18(20(29)17-11-7-4-8-12-17)13-14-19(27)23(32)34-15-16-9-5-3-6-10-16;/h3-12,14,18,21,25H,13,15H2,1-2H3,(H,30,31);/q;+1/p-1/t18?,21-,25+,27?;/m0./s1. The van der Waals surface area contributed by atoms with Crippen LogP contribution in [0, 0.1) is 11.3 Å². The number of carbonyl (C=O) groups excluding carboxylic acids is 4. The molecule has 1 spiro atoms. The fraction of sp³-hybridized carbons (Fsp3) is 0.333. The van der Waals surface area contributed by atoms with Crippen LogP contribution in [-0.2, 0) is 25.7 Å². The first-order valence-electron chi connectivity index (χ1n) is 11.4. The molecule has 3 aliphatic rings. The number of carbonyl (C=O) groups is 4. The number of carboxylic acid groups (broad SMARTS) is 1. The second-order valence-corrected chi connectivity index (χ2v) is 11.3. The number of nitrogens with zero attached hydrogens (tertiary/aromatic N) is 1. The van der Waals surface area contributed by atoms with Crippen molar-refractivity contribution in [3.63, 3.8) is 0 Å². The third kappa shape index (κ3) is 3.95. The van der Waals surface area contributed by atoms with E-state index in [-0.39, 0.29) is 53.9 Å². The molecule has 7 nitrogen and oxygen atoms in total. The predicted octanol–water partition coefficient (Wildman–Crippen LogP) is -0.638. The van der Waals surface area contributed by atoms with Crippen LogP contribution in [0.15, 0.2) is 72.3 Å². The number of benzene rings is 2. The van der Waals surface area contributed by atoms with E-state index in [2.05, 4.69) is 0 Å². The summed E-state index contributed by atoms with van der Waals surface area (Å²) >= 11 is 1.29. The van der Waals surface area contributed by atoms with Crippen LogP contribution in [0.2, 0.25) is 0 Å². The van der Waals surface area contributed by atoms with Gasteiger partial charge in [-0.3, -0.25) is 9.59 Å². The number of esters is 1. The summed E-state index contributed by atoms with van der Waals surface area (Å²) in [5.41, 5.74) is -0.113. The Labute approximate surface area is 235 Å². The number of rotatable bonds is 6. The van der Waals surface area contributed by atoms with Crippen LogP contribution in [0.5, 0.6) is 0 Å². The van der Waals surface area contributed by atoms with Crippen molar-refractivity contribution in [1.29, 1.82) is 0 Å². The summed E-state index contributed by atoms with van der Waals surface area (Å²) in [7, 11) is 0. The van der Waals surface area contributed by atoms with Gasteiger partial charge in [-0.15, -0.1) is 11.8 Å². The average Bonchev–Trinajstić information content (AvgIpc) is 3.38. The minimum Gasteiger partial charge on any atom is -0.548 e. The van der Waals surface area contributed by atoms with Gasteiger partial charge >= 0.3 is 35.5 Å². The molecule has 2 aliphatic heterocycles. The van der Waals surface area contributed by atoms with Crippen molar-refractivity contribution in [2.75, 3.05) is 0 Å². The van der Waals surface area contributed by atoms with Crippen molar-refractivity contribution in [3.8, 4) is 0 Å². The molecule has 1 amide bonds. The maximum Gasteiger partial charge on any atom is 1.00 e. The molecule has 2 fully saturated rings. The fourth-order valence-electron chi connectivity index (χ4n) is 5.58. The van der Waals surface area contributed by atoms with Gasteiger partial charge in [0.1, 0.15) is 12.0 Å². The molecular formula is C27H24NNaO6S. The number of aliphatic carboxylic acids is 1. The summed E-state index contributed by atoms with van der Waals surface area (Å²) in [4.78, 5) is 54.0. The number of carboxylic acids is 1. The zero-order chi connectivity index (χ0) is 25.0. The van der Waals surface area contributed by atoms with Gasteiger partial charge in [-0.05, 0) is 25.8 Å². The van der Waals surface area contributed by atoms with E-state index >= 15 is 0 Å². The maximum absolute atomic E-state index is 13.8. The molecule has 2 unspecified atom stereocenters. The molecule has 9 heteroatoms. The van der Waals surface area contributed by atoms with E-state index in [0.717, 1.165) is 5.56 Å². The number of thioether (sulfide) groups is 1. The summed E-state index contributed by atoms with van der Waals surface area (Å²) in [6.07, 6.45) is 1.81. The van der Waals surface area contributed by atoms with E-state index in [4.69, 9.17) is 4.74 Å². The Bertz CT molecular complexity index is 1250. The van der Waals surface area contributed by atoms with Gasteiger partial charge in [-0.25, -0.2) is 4.79 Å². The van der Waals surface area contributed by atoms with E-state index in [0.29, 0.717) is 5.56 Å². The second-order valence-electron chi connectivity index (χ2n) is 9.57. The second kappa shape index (κ2) is 9.82. The summed E-state index contributed by atoms with van der Waals surface area (Å²) in [5.74, 6) is -3.64. The number of fused-ring (bicyclic) bond motifs is 2. The summed E-state index contributed by atoms with van der Waals surface area (Å²) < 4.78 is 4.72. The van der Waals surface area contributed by atoms with Crippen LogP contribution in [0.4, 0.5) is 0 Å². The van der Waals surface area contributed by atoms with Crippen molar-refractivity contribution < 1.29 is 58.6 Å². The van der Waals surface area contributed by atoms with Crippen molar-refractivity contribution >= 4 is 35.4 Å². The first kappa shape index (κ1) is 26.7. The quantitative estimate of drug-likeness (QED) is 0.219. The Balaban J connectivity index is 0.00000304. The van der Waals surface area contributed by atoms with E-state index in [9.17, 15) is 24.3 Å². The summed E-state index contributed by atoms with van der Waals surface area (Å²) in [6, 6.07) is 16.6. The summed E-state index contributed by atoms with van der Waals surface area (Å²) in [5, 5.41) is 11.3. The van der Waals surface area contributed by atoms with E-state index in [1.54, 1.807) is 50.3 Å². The Kier molecular flexibility index (Phi) is 7.27. The molecule has 2 saturated heterocycles. The number of Topliss-reactive ketones (excluding diaryl/α,β-unsaturated/α-hetero) is 1. The predicted molar refractivity (Wildman–Crippen MR) is 127 cm³/mol. The van der Waals surface area contributed by atoms with Crippen LogP contribution >= 0.6 is 11.8 Å². The van der Waals surface area contributed by atoms with Crippen LogP contribution in [0.25, 0.3) is 0 Å². The van der Waals surface area contributed by atoms with Crippen molar-refractivity contribution in [1.82, 2.24) is 4.90 Å². The smallest absolute Gasteiger partial charge is 0.548 e. The van der Waals surface area contributed by atoms with Crippen LogP contribution in [-0.4, -0.2) is 44.7 Å². The monoisotopic (exact) mass is 513 g/mol. The number of ketones is 1. The molecular weight excluding hydrogens is 489 g/mol. The van der Waals surface area contributed by atoms with Gasteiger partial charge in [-0.2, -0.15) is 0 Å². The molecule has 0 radical (unpaired) electrons. The number of allylic oxidation sites excluding steroid dienone is 1. The molecule has 2 aromatic carbocycles. The minimum atomic E-state index is -1.48. The molecule has 0 N–H and O–H groups in total. The van der Waals surface area contributed by atoms with Crippen LogP contribution < -0.4 is 34.7 Å². The molecule has 0 bridgehead atoms. The van der Waals surface area contributed by atoms with E-state index in [1.807, 2.05) is 30.3 Å². The summed E-state index contributed by atoms with van der Waals surface area (Å²) in [6.45, 7) is 3.49. The first-order valence-corrected chi connectivity index (χ1v) is 12.3. The third-order valence-corrected chi connectivity index (χ3v) is 8.82. The fourth-order valence-corrected chi connectivity index (χ4v) is 7.41. The Morgan fingerprint density at radius 2 is 1.67 bits per heavy atom.